The van der Waals surface area contributed by atoms with Crippen LogP contribution in [0.4, 0.5) is 0 Å². The highest BCUT2D eigenvalue weighted by Crippen LogP contribution is 2.33. The molecule has 1 aliphatic heterocycles. The van der Waals surface area contributed by atoms with Crippen molar-refractivity contribution in [2.75, 3.05) is 6.54 Å². The van der Waals surface area contributed by atoms with Gasteiger partial charge in [0.1, 0.15) is 0 Å². The Hall–Kier alpha value is -3.12. The normalized spacial score (nSPS) is 18.4. The second-order valence-corrected chi connectivity index (χ2v) is 8.93. The topological polar surface area (TPSA) is 44.1 Å². The summed E-state index contributed by atoms with van der Waals surface area (Å²) in [5, 5.41) is 8.98. The van der Waals surface area contributed by atoms with Gasteiger partial charge in [0, 0.05) is 18.2 Å². The van der Waals surface area contributed by atoms with Crippen molar-refractivity contribution in [1.29, 1.82) is 5.26 Å². The zero-order valence-electron chi connectivity index (χ0n) is 18.7. The van der Waals surface area contributed by atoms with E-state index in [9.17, 15) is 4.79 Å². The van der Waals surface area contributed by atoms with Crippen LogP contribution in [0.5, 0.6) is 0 Å². The Bertz CT molecular complexity index is 1100. The average molecular weight is 411 g/mol. The highest BCUT2D eigenvalue weighted by Gasteiger charge is 2.25. The Morgan fingerprint density at radius 3 is 2.48 bits per heavy atom. The predicted molar refractivity (Wildman–Crippen MR) is 126 cm³/mol. The molecule has 2 aromatic carbocycles. The molecule has 158 valence electrons. The fraction of sp³-hybridized carbons (Fsp3) is 0.357. The molecule has 2 aromatic rings. The fourth-order valence-electron chi connectivity index (χ4n) is 4.55. The largest absolute Gasteiger partial charge is 0.335 e. The van der Waals surface area contributed by atoms with Crippen LogP contribution in [0.3, 0.4) is 0 Å². The van der Waals surface area contributed by atoms with Crippen LogP contribution in [-0.4, -0.2) is 23.4 Å². The van der Waals surface area contributed by atoms with Crippen molar-refractivity contribution in [3.8, 4) is 6.07 Å². The number of allylic oxidation sites excluding steroid dienone is 2. The number of hydrogen-bond donors (Lipinski definition) is 0. The molecule has 0 saturated carbocycles. The van der Waals surface area contributed by atoms with Gasteiger partial charge < -0.3 is 4.90 Å². The molecular weight excluding hydrogens is 380 g/mol. The van der Waals surface area contributed by atoms with Gasteiger partial charge in [-0.15, -0.1) is 0 Å². The molecule has 0 aromatic heterocycles. The van der Waals surface area contributed by atoms with E-state index in [0.29, 0.717) is 5.56 Å². The maximum atomic E-state index is 13.5. The molecule has 31 heavy (non-hydrogen) atoms. The van der Waals surface area contributed by atoms with Crippen molar-refractivity contribution in [3.05, 3.63) is 87.5 Å². The van der Waals surface area contributed by atoms with Crippen LogP contribution in [0.2, 0.25) is 0 Å². The van der Waals surface area contributed by atoms with Gasteiger partial charge in [-0.05, 0) is 98.9 Å². The van der Waals surface area contributed by atoms with Crippen LogP contribution in [0.15, 0.2) is 54.1 Å². The van der Waals surface area contributed by atoms with Gasteiger partial charge in [-0.25, -0.2) is 0 Å². The van der Waals surface area contributed by atoms with Crippen molar-refractivity contribution >= 4 is 11.5 Å². The smallest absolute Gasteiger partial charge is 0.254 e. The van der Waals surface area contributed by atoms with Crippen LogP contribution in [0, 0.1) is 25.2 Å². The molecule has 1 aliphatic carbocycles. The number of nitriles is 1. The van der Waals surface area contributed by atoms with E-state index in [1.807, 2.05) is 29.2 Å². The first-order valence-electron chi connectivity index (χ1n) is 11.2. The number of carbonyl (C=O) groups is 1. The summed E-state index contributed by atoms with van der Waals surface area (Å²) in [4.78, 5) is 15.5. The second kappa shape index (κ2) is 8.94. The molecule has 2 aliphatic rings. The summed E-state index contributed by atoms with van der Waals surface area (Å²) in [7, 11) is 0. The molecule has 1 unspecified atom stereocenters. The highest BCUT2D eigenvalue weighted by atomic mass is 16.2. The predicted octanol–water partition coefficient (Wildman–Crippen LogP) is 6.15. The van der Waals surface area contributed by atoms with E-state index in [1.54, 1.807) is 0 Å². The lowest BCUT2D eigenvalue weighted by Crippen LogP contribution is -2.38. The lowest BCUT2D eigenvalue weighted by molar-refractivity contribution is 0.0700. The molecular formula is C28H30N2O. The molecule has 3 heteroatoms. The Morgan fingerprint density at radius 1 is 1.10 bits per heavy atom. The van der Waals surface area contributed by atoms with Crippen LogP contribution in [0.1, 0.15) is 70.8 Å². The maximum Gasteiger partial charge on any atom is 0.254 e. The fourth-order valence-corrected chi connectivity index (χ4v) is 4.55. The number of carbonyl (C=O) groups excluding carboxylic acids is 1. The lowest BCUT2D eigenvalue weighted by Gasteiger charge is -2.28. The molecule has 0 saturated heterocycles. The van der Waals surface area contributed by atoms with Crippen molar-refractivity contribution in [2.24, 2.45) is 0 Å². The van der Waals surface area contributed by atoms with Gasteiger partial charge in [0.25, 0.3) is 5.91 Å². The summed E-state index contributed by atoms with van der Waals surface area (Å²) < 4.78 is 0. The molecule has 1 heterocycles. The summed E-state index contributed by atoms with van der Waals surface area (Å²) in [6.45, 7) is 7.07. The molecule has 0 N–H and O–H groups in total. The summed E-state index contributed by atoms with van der Waals surface area (Å²) in [5.74, 6) is 0.148. The van der Waals surface area contributed by atoms with E-state index < -0.39 is 0 Å². The van der Waals surface area contributed by atoms with Crippen LogP contribution < -0.4 is 0 Å². The number of aryl methyl sites for hydroxylation is 2. The standard InChI is InChI=1S/C28H30N2O/c1-19-16-27(20(2)15-26(19)25-5-4-6-25)28(31)30-14-13-23(8-7-21(30)3)17-22-9-11-24(18-29)12-10-22/h5,8-12,15-16,21H,4,6-7,13-14,17H2,1-3H3. The minimum absolute atomic E-state index is 0.148. The van der Waals surface area contributed by atoms with E-state index in [0.717, 1.165) is 49.8 Å². The van der Waals surface area contributed by atoms with Crippen molar-refractivity contribution in [3.63, 3.8) is 0 Å². The van der Waals surface area contributed by atoms with E-state index in [4.69, 9.17) is 5.26 Å². The van der Waals surface area contributed by atoms with E-state index in [-0.39, 0.29) is 11.9 Å². The zero-order chi connectivity index (χ0) is 22.0. The second-order valence-electron chi connectivity index (χ2n) is 8.93. The van der Waals surface area contributed by atoms with Crippen LogP contribution >= 0.6 is 0 Å². The Morgan fingerprint density at radius 2 is 1.84 bits per heavy atom. The van der Waals surface area contributed by atoms with Crippen molar-refractivity contribution < 1.29 is 4.79 Å². The minimum Gasteiger partial charge on any atom is -0.335 e. The first-order valence-corrected chi connectivity index (χ1v) is 11.2. The summed E-state index contributed by atoms with van der Waals surface area (Å²) in [5.41, 5.74) is 9.09. The van der Waals surface area contributed by atoms with Crippen molar-refractivity contribution in [2.45, 2.75) is 58.9 Å². The molecule has 0 radical (unpaired) electrons. The van der Waals surface area contributed by atoms with Gasteiger partial charge in [-0.3, -0.25) is 4.79 Å². The first-order chi connectivity index (χ1) is 15.0. The van der Waals surface area contributed by atoms with E-state index in [2.05, 4.69) is 51.1 Å². The van der Waals surface area contributed by atoms with E-state index in [1.165, 1.54) is 27.8 Å². The van der Waals surface area contributed by atoms with Gasteiger partial charge >= 0.3 is 0 Å². The van der Waals surface area contributed by atoms with Crippen molar-refractivity contribution in [1.82, 2.24) is 4.90 Å². The molecule has 1 atom stereocenters. The quantitative estimate of drug-likeness (QED) is 0.568. The van der Waals surface area contributed by atoms with Gasteiger partial charge in [-0.1, -0.05) is 35.9 Å². The SMILES string of the molecule is Cc1cc(C2=CCC2)c(C)cc1C(=O)N1CCC(Cc2ccc(C#N)cc2)=CCC1C. The molecule has 0 fully saturated rings. The van der Waals surface area contributed by atoms with Gasteiger partial charge in [0.05, 0.1) is 11.6 Å². The average Bonchev–Trinajstić information content (AvgIpc) is 2.91. The number of amides is 1. The minimum atomic E-state index is 0.148. The third kappa shape index (κ3) is 4.49. The summed E-state index contributed by atoms with van der Waals surface area (Å²) in [6, 6.07) is 14.4. The first kappa shape index (κ1) is 21.1. The highest BCUT2D eigenvalue weighted by molar-refractivity contribution is 5.97. The molecule has 4 rings (SSSR count). The number of hydrogen-bond acceptors (Lipinski definition) is 2. The number of benzene rings is 2. The van der Waals surface area contributed by atoms with Gasteiger partial charge in [0.15, 0.2) is 0 Å². The monoisotopic (exact) mass is 410 g/mol. The summed E-state index contributed by atoms with van der Waals surface area (Å²) >= 11 is 0. The lowest BCUT2D eigenvalue weighted by atomic mass is 9.87. The van der Waals surface area contributed by atoms with Crippen LogP contribution in [0.25, 0.3) is 5.57 Å². The number of nitrogens with zero attached hydrogens (tertiary/aromatic N) is 2. The molecule has 1 amide bonds. The van der Waals surface area contributed by atoms with E-state index >= 15 is 0 Å². The zero-order valence-corrected chi connectivity index (χ0v) is 18.7. The Balaban J connectivity index is 1.47. The summed E-state index contributed by atoms with van der Waals surface area (Å²) in [6.07, 6.45) is 9.55. The molecule has 0 spiro atoms. The third-order valence-corrected chi connectivity index (χ3v) is 6.68. The number of rotatable bonds is 4. The van der Waals surface area contributed by atoms with Gasteiger partial charge in [-0.2, -0.15) is 5.26 Å². The third-order valence-electron chi connectivity index (χ3n) is 6.68. The van der Waals surface area contributed by atoms with Crippen LogP contribution in [-0.2, 0) is 6.42 Å². The maximum absolute atomic E-state index is 13.5. The Labute approximate surface area is 185 Å². The van der Waals surface area contributed by atoms with Gasteiger partial charge in [0.2, 0.25) is 0 Å². The molecule has 3 nitrogen and oxygen atoms in total. The molecule has 0 bridgehead atoms. The Kier molecular flexibility index (Phi) is 6.09.